The lowest BCUT2D eigenvalue weighted by atomic mass is 10.2. The molecule has 0 bridgehead atoms. The molecule has 1 saturated heterocycles. The van der Waals surface area contributed by atoms with Crippen LogP contribution in [-0.2, 0) is 22.7 Å². The molecule has 31 heavy (non-hydrogen) atoms. The summed E-state index contributed by atoms with van der Waals surface area (Å²) in [5, 5.41) is 2.95. The third kappa shape index (κ3) is 4.98. The number of sulfonamides is 1. The Morgan fingerprint density at radius 2 is 1.58 bits per heavy atom. The number of alkyl halides is 3. The number of thiazole rings is 1. The van der Waals surface area contributed by atoms with Crippen molar-refractivity contribution in [2.75, 3.05) is 26.2 Å². The third-order valence-corrected chi connectivity index (χ3v) is 7.96. The molecule has 0 atom stereocenters. The molecule has 0 amide bonds. The Labute approximate surface area is 182 Å². The van der Waals surface area contributed by atoms with E-state index in [4.69, 9.17) is 0 Å². The van der Waals surface area contributed by atoms with Gasteiger partial charge in [-0.1, -0.05) is 30.3 Å². The lowest BCUT2D eigenvalue weighted by molar-refractivity contribution is -0.137. The molecule has 0 unspecified atom stereocenters. The van der Waals surface area contributed by atoms with E-state index >= 15 is 0 Å². The maximum atomic E-state index is 12.8. The zero-order chi connectivity index (χ0) is 22.1. The van der Waals surface area contributed by atoms with Gasteiger partial charge >= 0.3 is 6.18 Å². The van der Waals surface area contributed by atoms with Crippen LogP contribution in [0.25, 0.3) is 10.6 Å². The van der Waals surface area contributed by atoms with Crippen molar-refractivity contribution >= 4 is 21.4 Å². The summed E-state index contributed by atoms with van der Waals surface area (Å²) < 4.78 is 65.1. The van der Waals surface area contributed by atoms with Crippen LogP contribution in [-0.4, -0.2) is 48.8 Å². The lowest BCUT2D eigenvalue weighted by Gasteiger charge is -2.33. The normalized spacial score (nSPS) is 16.5. The van der Waals surface area contributed by atoms with Gasteiger partial charge in [-0.05, 0) is 24.3 Å². The van der Waals surface area contributed by atoms with Crippen LogP contribution in [0.15, 0.2) is 64.9 Å². The fraction of sp³-hybridized carbons (Fsp3) is 0.286. The average Bonchev–Trinajstić information content (AvgIpc) is 3.23. The molecule has 0 spiro atoms. The molecule has 2 aromatic carbocycles. The Morgan fingerprint density at radius 1 is 0.935 bits per heavy atom. The van der Waals surface area contributed by atoms with Gasteiger partial charge in [-0.2, -0.15) is 17.5 Å². The van der Waals surface area contributed by atoms with Crippen molar-refractivity contribution in [3.05, 3.63) is 71.2 Å². The summed E-state index contributed by atoms with van der Waals surface area (Å²) in [6.07, 6.45) is -4.50. The van der Waals surface area contributed by atoms with Gasteiger partial charge in [-0.25, -0.2) is 13.4 Å². The topological polar surface area (TPSA) is 53.5 Å². The number of halogens is 3. The molecule has 1 aliphatic rings. The summed E-state index contributed by atoms with van der Waals surface area (Å²) in [6, 6.07) is 13.5. The first kappa shape index (κ1) is 21.9. The maximum Gasteiger partial charge on any atom is 0.416 e. The van der Waals surface area contributed by atoms with E-state index < -0.39 is 21.8 Å². The van der Waals surface area contributed by atoms with Gasteiger partial charge in [0.2, 0.25) is 10.0 Å². The Bertz CT molecular complexity index is 1120. The molecule has 3 aromatic rings. The van der Waals surface area contributed by atoms with Crippen LogP contribution < -0.4 is 0 Å². The second-order valence-corrected chi connectivity index (χ2v) is 10.0. The first-order chi connectivity index (χ1) is 14.7. The quantitative estimate of drug-likeness (QED) is 0.560. The number of piperazine rings is 1. The highest BCUT2D eigenvalue weighted by Crippen LogP contribution is 2.30. The van der Waals surface area contributed by atoms with E-state index in [1.54, 1.807) is 11.3 Å². The Balaban J connectivity index is 1.37. The van der Waals surface area contributed by atoms with E-state index in [2.05, 4.69) is 9.88 Å². The van der Waals surface area contributed by atoms with Crippen molar-refractivity contribution in [3.63, 3.8) is 0 Å². The Morgan fingerprint density at radius 3 is 2.19 bits per heavy atom. The minimum Gasteiger partial charge on any atom is -0.295 e. The predicted molar refractivity (Wildman–Crippen MR) is 113 cm³/mol. The largest absolute Gasteiger partial charge is 0.416 e. The van der Waals surface area contributed by atoms with E-state index in [1.165, 1.54) is 4.31 Å². The fourth-order valence-corrected chi connectivity index (χ4v) is 5.65. The van der Waals surface area contributed by atoms with Crippen molar-refractivity contribution in [1.29, 1.82) is 0 Å². The summed E-state index contributed by atoms with van der Waals surface area (Å²) in [6.45, 7) is 2.23. The van der Waals surface area contributed by atoms with Crippen LogP contribution in [0.1, 0.15) is 11.3 Å². The first-order valence-electron chi connectivity index (χ1n) is 9.63. The highest BCUT2D eigenvalue weighted by Gasteiger charge is 2.32. The minimum atomic E-state index is -4.50. The molecule has 1 aliphatic heterocycles. The van der Waals surface area contributed by atoms with Crippen molar-refractivity contribution in [3.8, 4) is 10.6 Å². The minimum absolute atomic E-state index is 0.124. The van der Waals surface area contributed by atoms with E-state index in [0.29, 0.717) is 19.6 Å². The second-order valence-electron chi connectivity index (χ2n) is 7.21. The summed E-state index contributed by atoms with van der Waals surface area (Å²) in [5.74, 6) is 0. The summed E-state index contributed by atoms with van der Waals surface area (Å²) in [4.78, 5) is 6.67. The summed E-state index contributed by atoms with van der Waals surface area (Å²) in [7, 11) is -3.83. The SMILES string of the molecule is O=S(=O)(c1ccc(C(F)(F)F)cc1)N1CCN(Cc2csc(-c3ccccc3)n2)CC1. The van der Waals surface area contributed by atoms with Gasteiger partial charge in [0, 0.05) is 43.7 Å². The van der Waals surface area contributed by atoms with Crippen molar-refractivity contribution < 1.29 is 21.6 Å². The molecule has 0 radical (unpaired) electrons. The van der Waals surface area contributed by atoms with Crippen LogP contribution in [0, 0.1) is 0 Å². The van der Waals surface area contributed by atoms with Gasteiger partial charge < -0.3 is 0 Å². The van der Waals surface area contributed by atoms with E-state index in [1.807, 2.05) is 35.7 Å². The number of rotatable bonds is 5. The molecule has 10 heteroatoms. The molecule has 0 N–H and O–H groups in total. The molecule has 1 aromatic heterocycles. The Hall–Kier alpha value is -2.27. The maximum absolute atomic E-state index is 12.8. The smallest absolute Gasteiger partial charge is 0.295 e. The molecule has 4 rings (SSSR count). The van der Waals surface area contributed by atoms with Crippen LogP contribution in [0.5, 0.6) is 0 Å². The van der Waals surface area contributed by atoms with Gasteiger partial charge in [0.05, 0.1) is 16.2 Å². The number of aromatic nitrogens is 1. The zero-order valence-corrected chi connectivity index (χ0v) is 18.1. The van der Waals surface area contributed by atoms with Crippen molar-refractivity contribution in [2.24, 2.45) is 0 Å². The van der Waals surface area contributed by atoms with Gasteiger partial charge in [0.1, 0.15) is 5.01 Å². The van der Waals surface area contributed by atoms with Crippen LogP contribution in [0.3, 0.4) is 0 Å². The molecule has 2 heterocycles. The number of hydrogen-bond donors (Lipinski definition) is 0. The molecule has 1 fully saturated rings. The van der Waals surface area contributed by atoms with E-state index in [0.717, 1.165) is 40.5 Å². The van der Waals surface area contributed by atoms with E-state index in [-0.39, 0.29) is 18.0 Å². The monoisotopic (exact) mass is 467 g/mol. The molecule has 5 nitrogen and oxygen atoms in total. The summed E-state index contributed by atoms with van der Waals surface area (Å²) in [5.41, 5.74) is 1.13. The fourth-order valence-electron chi connectivity index (χ4n) is 3.41. The van der Waals surface area contributed by atoms with Gasteiger partial charge in [0.25, 0.3) is 0 Å². The molecule has 0 aliphatic carbocycles. The van der Waals surface area contributed by atoms with Gasteiger partial charge in [-0.15, -0.1) is 11.3 Å². The average molecular weight is 468 g/mol. The van der Waals surface area contributed by atoms with Gasteiger partial charge in [0.15, 0.2) is 0 Å². The molecule has 0 saturated carbocycles. The Kier molecular flexibility index (Phi) is 6.16. The molecule has 164 valence electrons. The molecular formula is C21H20F3N3O2S2. The first-order valence-corrected chi connectivity index (χ1v) is 11.9. The highest BCUT2D eigenvalue weighted by atomic mass is 32.2. The lowest BCUT2D eigenvalue weighted by Crippen LogP contribution is -2.48. The summed E-state index contributed by atoms with van der Waals surface area (Å²) >= 11 is 1.57. The number of benzene rings is 2. The highest BCUT2D eigenvalue weighted by molar-refractivity contribution is 7.89. The number of hydrogen-bond acceptors (Lipinski definition) is 5. The second kappa shape index (κ2) is 8.70. The third-order valence-electron chi connectivity index (χ3n) is 5.11. The van der Waals surface area contributed by atoms with Crippen molar-refractivity contribution in [2.45, 2.75) is 17.6 Å². The zero-order valence-electron chi connectivity index (χ0n) is 16.4. The number of nitrogens with zero attached hydrogens (tertiary/aromatic N) is 3. The van der Waals surface area contributed by atoms with E-state index in [9.17, 15) is 21.6 Å². The predicted octanol–water partition coefficient (Wildman–Crippen LogP) is 4.34. The van der Waals surface area contributed by atoms with Crippen LogP contribution >= 0.6 is 11.3 Å². The van der Waals surface area contributed by atoms with Crippen LogP contribution in [0.2, 0.25) is 0 Å². The van der Waals surface area contributed by atoms with Crippen LogP contribution in [0.4, 0.5) is 13.2 Å². The van der Waals surface area contributed by atoms with Crippen molar-refractivity contribution in [1.82, 2.24) is 14.2 Å². The standard InChI is InChI=1S/C21H20F3N3O2S2/c22-21(23,24)17-6-8-19(9-7-17)31(28,29)27-12-10-26(11-13-27)14-18-15-30-20(25-18)16-4-2-1-3-5-16/h1-9,15H,10-14H2. The molecular weight excluding hydrogens is 447 g/mol. The van der Waals surface area contributed by atoms with Gasteiger partial charge in [-0.3, -0.25) is 4.90 Å².